The molecule has 0 aliphatic heterocycles. The number of alkyl halides is 3. The van der Waals surface area contributed by atoms with Crippen molar-refractivity contribution in [2.24, 2.45) is 4.99 Å². The summed E-state index contributed by atoms with van der Waals surface area (Å²) in [5.41, 5.74) is 2.72. The number of ether oxygens (including phenoxy) is 2. The molecule has 5 nitrogen and oxygen atoms in total. The van der Waals surface area contributed by atoms with E-state index in [0.29, 0.717) is 37.8 Å². The minimum absolute atomic E-state index is 0.0842. The Balaban J connectivity index is 1.67. The summed E-state index contributed by atoms with van der Waals surface area (Å²) in [6, 6.07) is 17.1. The van der Waals surface area contributed by atoms with Crippen LogP contribution in [0, 0.1) is 0 Å². The average Bonchev–Trinajstić information content (AvgIpc) is 2.70. The molecule has 0 aliphatic carbocycles. The first-order valence-electron chi connectivity index (χ1n) is 9.25. The molecular weight excluding hydrogens is 383 g/mol. The molecule has 29 heavy (non-hydrogen) atoms. The molecule has 2 rings (SSSR count). The first kappa shape index (κ1) is 22.7. The summed E-state index contributed by atoms with van der Waals surface area (Å²) in [6.45, 7) is 0.826. The second kappa shape index (κ2) is 12.1. The summed E-state index contributed by atoms with van der Waals surface area (Å²) in [5, 5.41) is 6.32. The van der Waals surface area contributed by atoms with Gasteiger partial charge in [-0.1, -0.05) is 54.6 Å². The van der Waals surface area contributed by atoms with Crippen LogP contribution < -0.4 is 10.6 Å². The quantitative estimate of drug-likeness (QED) is 0.357. The van der Waals surface area contributed by atoms with Crippen molar-refractivity contribution < 1.29 is 22.6 Å². The Hall–Kier alpha value is -2.58. The van der Waals surface area contributed by atoms with Crippen LogP contribution in [0.5, 0.6) is 0 Å². The van der Waals surface area contributed by atoms with Gasteiger partial charge < -0.3 is 20.1 Å². The van der Waals surface area contributed by atoms with Gasteiger partial charge in [-0.25, -0.2) is 0 Å². The number of hydrogen-bond acceptors (Lipinski definition) is 3. The van der Waals surface area contributed by atoms with Gasteiger partial charge in [0.05, 0.1) is 19.8 Å². The normalized spacial score (nSPS) is 12.1. The van der Waals surface area contributed by atoms with Crippen molar-refractivity contribution in [1.29, 1.82) is 0 Å². The number of rotatable bonds is 10. The molecule has 8 heteroatoms. The van der Waals surface area contributed by atoms with Crippen molar-refractivity contribution in [2.75, 3.05) is 26.8 Å². The Morgan fingerprint density at radius 3 is 2.31 bits per heavy atom. The maximum Gasteiger partial charge on any atom is 0.411 e. The van der Waals surface area contributed by atoms with E-state index in [1.54, 1.807) is 25.2 Å². The van der Waals surface area contributed by atoms with E-state index < -0.39 is 12.8 Å². The van der Waals surface area contributed by atoms with Gasteiger partial charge >= 0.3 is 6.18 Å². The Morgan fingerprint density at radius 1 is 0.897 bits per heavy atom. The second-order valence-electron chi connectivity index (χ2n) is 6.32. The van der Waals surface area contributed by atoms with Crippen LogP contribution in [-0.2, 0) is 29.2 Å². The van der Waals surface area contributed by atoms with Crippen LogP contribution in [0.4, 0.5) is 13.2 Å². The molecule has 0 fully saturated rings. The molecule has 2 aromatic carbocycles. The van der Waals surface area contributed by atoms with Gasteiger partial charge in [0.2, 0.25) is 0 Å². The summed E-state index contributed by atoms with van der Waals surface area (Å²) in [7, 11) is 1.67. The Morgan fingerprint density at radius 2 is 1.59 bits per heavy atom. The lowest BCUT2D eigenvalue weighted by atomic mass is 10.1. The van der Waals surface area contributed by atoms with Gasteiger partial charge in [0.25, 0.3) is 0 Å². The highest BCUT2D eigenvalue weighted by Gasteiger charge is 2.27. The minimum Gasteiger partial charge on any atom is -0.375 e. The molecule has 0 heterocycles. The molecule has 0 saturated carbocycles. The van der Waals surface area contributed by atoms with Crippen LogP contribution in [0.3, 0.4) is 0 Å². The first-order valence-corrected chi connectivity index (χ1v) is 9.25. The molecule has 0 amide bonds. The molecule has 2 aromatic rings. The zero-order chi connectivity index (χ0) is 21.0. The maximum atomic E-state index is 12.2. The van der Waals surface area contributed by atoms with Crippen molar-refractivity contribution in [3.63, 3.8) is 0 Å². The number of benzene rings is 2. The molecule has 0 bridgehead atoms. The largest absolute Gasteiger partial charge is 0.411 e. The van der Waals surface area contributed by atoms with Crippen molar-refractivity contribution >= 4 is 5.96 Å². The number of aliphatic imine (C=N–C) groups is 1. The predicted molar refractivity (Wildman–Crippen MR) is 106 cm³/mol. The molecule has 0 atom stereocenters. The summed E-state index contributed by atoms with van der Waals surface area (Å²) >= 11 is 0. The summed E-state index contributed by atoms with van der Waals surface area (Å²) in [4.78, 5) is 4.15. The molecule has 0 unspecified atom stereocenters. The van der Waals surface area contributed by atoms with Crippen LogP contribution in [0.2, 0.25) is 0 Å². The molecule has 158 valence electrons. The molecule has 0 radical (unpaired) electrons. The smallest absolute Gasteiger partial charge is 0.375 e. The zero-order valence-corrected chi connectivity index (χ0v) is 16.3. The number of nitrogens with one attached hydrogen (secondary N) is 2. The van der Waals surface area contributed by atoms with Gasteiger partial charge in [-0.05, 0) is 16.7 Å². The zero-order valence-electron chi connectivity index (χ0n) is 16.3. The van der Waals surface area contributed by atoms with Crippen LogP contribution in [0.15, 0.2) is 59.6 Å². The van der Waals surface area contributed by atoms with E-state index in [9.17, 15) is 13.2 Å². The van der Waals surface area contributed by atoms with Crippen molar-refractivity contribution in [2.45, 2.75) is 25.9 Å². The van der Waals surface area contributed by atoms with Crippen LogP contribution in [0.1, 0.15) is 16.7 Å². The molecule has 0 aromatic heterocycles. The Labute approximate surface area is 168 Å². The Bertz CT molecular complexity index is 752. The molecule has 0 spiro atoms. The summed E-state index contributed by atoms with van der Waals surface area (Å²) < 4.78 is 46.8. The first-order chi connectivity index (χ1) is 14.0. The van der Waals surface area contributed by atoms with E-state index in [4.69, 9.17) is 9.47 Å². The van der Waals surface area contributed by atoms with Gasteiger partial charge in [0, 0.05) is 20.1 Å². The average molecular weight is 409 g/mol. The van der Waals surface area contributed by atoms with Gasteiger partial charge in [0.15, 0.2) is 5.96 Å². The van der Waals surface area contributed by atoms with Crippen molar-refractivity contribution in [1.82, 2.24) is 10.6 Å². The van der Waals surface area contributed by atoms with Gasteiger partial charge in [0.1, 0.15) is 6.61 Å². The van der Waals surface area contributed by atoms with E-state index >= 15 is 0 Å². The minimum atomic E-state index is -4.32. The fourth-order valence-electron chi connectivity index (χ4n) is 2.53. The molecule has 0 saturated heterocycles. The SMILES string of the molecule is CN=C(NCCOCc1ccccc1)NCc1cccc(COCC(F)(F)F)c1. The lowest BCUT2D eigenvalue weighted by molar-refractivity contribution is -0.176. The standard InChI is InChI=1S/C21H26F3N3O2/c1-25-20(26-10-11-28-14-17-6-3-2-4-7-17)27-13-18-8-5-9-19(12-18)15-29-16-21(22,23)24/h2-9,12H,10-11,13-16H2,1H3,(H2,25,26,27). The highest BCUT2D eigenvalue weighted by atomic mass is 19.4. The number of hydrogen-bond donors (Lipinski definition) is 2. The van der Waals surface area contributed by atoms with Gasteiger partial charge in [-0.2, -0.15) is 13.2 Å². The highest BCUT2D eigenvalue weighted by Crippen LogP contribution is 2.16. The van der Waals surface area contributed by atoms with Gasteiger partial charge in [-0.3, -0.25) is 4.99 Å². The molecule has 2 N–H and O–H groups in total. The van der Waals surface area contributed by atoms with E-state index in [1.807, 2.05) is 36.4 Å². The lowest BCUT2D eigenvalue weighted by Crippen LogP contribution is -2.38. The van der Waals surface area contributed by atoms with E-state index in [-0.39, 0.29) is 6.61 Å². The third-order valence-corrected chi connectivity index (χ3v) is 3.86. The number of nitrogens with zero attached hydrogens (tertiary/aromatic N) is 1. The van der Waals surface area contributed by atoms with Crippen molar-refractivity contribution in [3.8, 4) is 0 Å². The van der Waals surface area contributed by atoms with Crippen LogP contribution in [-0.4, -0.2) is 38.9 Å². The van der Waals surface area contributed by atoms with E-state index in [1.165, 1.54) is 0 Å². The Kier molecular flexibility index (Phi) is 9.46. The lowest BCUT2D eigenvalue weighted by Gasteiger charge is -2.13. The van der Waals surface area contributed by atoms with Crippen molar-refractivity contribution in [3.05, 3.63) is 71.3 Å². The summed E-state index contributed by atoms with van der Waals surface area (Å²) in [5.74, 6) is 0.618. The van der Waals surface area contributed by atoms with Crippen LogP contribution in [0.25, 0.3) is 0 Å². The third-order valence-electron chi connectivity index (χ3n) is 3.86. The predicted octanol–water partition coefficient (Wildman–Crippen LogP) is 3.65. The van der Waals surface area contributed by atoms with E-state index in [0.717, 1.165) is 11.1 Å². The number of halogens is 3. The van der Waals surface area contributed by atoms with Gasteiger partial charge in [-0.15, -0.1) is 0 Å². The fourth-order valence-corrected chi connectivity index (χ4v) is 2.53. The summed E-state index contributed by atoms with van der Waals surface area (Å²) in [6.07, 6.45) is -4.32. The second-order valence-corrected chi connectivity index (χ2v) is 6.32. The molecular formula is C21H26F3N3O2. The maximum absolute atomic E-state index is 12.2. The molecule has 0 aliphatic rings. The highest BCUT2D eigenvalue weighted by molar-refractivity contribution is 5.79. The monoisotopic (exact) mass is 409 g/mol. The topological polar surface area (TPSA) is 54.9 Å². The number of guanidine groups is 1. The third kappa shape index (κ3) is 9.96. The van der Waals surface area contributed by atoms with Crippen LogP contribution >= 0.6 is 0 Å². The fraction of sp³-hybridized carbons (Fsp3) is 0.381. The van der Waals surface area contributed by atoms with E-state index in [2.05, 4.69) is 15.6 Å².